The van der Waals surface area contributed by atoms with Crippen LogP contribution in [0.3, 0.4) is 0 Å². The first-order valence-electron chi connectivity index (χ1n) is 7.88. The van der Waals surface area contributed by atoms with E-state index in [4.69, 9.17) is 9.47 Å². The van der Waals surface area contributed by atoms with Crippen LogP contribution in [0.1, 0.15) is 25.5 Å². The maximum atomic E-state index is 10.0. The van der Waals surface area contributed by atoms with Crippen molar-refractivity contribution in [3.05, 3.63) is 42.2 Å². The van der Waals surface area contributed by atoms with E-state index in [2.05, 4.69) is 15.2 Å². The molecule has 130 valence electrons. The maximum absolute atomic E-state index is 10.0. The van der Waals surface area contributed by atoms with Gasteiger partial charge in [-0.1, -0.05) is 13.8 Å². The molecule has 7 heteroatoms. The Morgan fingerprint density at radius 3 is 2.60 bits per heavy atom. The summed E-state index contributed by atoms with van der Waals surface area (Å²) in [5, 5.41) is 18.7. The van der Waals surface area contributed by atoms with Crippen LogP contribution >= 0.6 is 0 Å². The lowest BCUT2D eigenvalue weighted by atomic mass is 10.1. The molecule has 0 atom stereocenters. The average molecular weight is 340 g/mol. The summed E-state index contributed by atoms with van der Waals surface area (Å²) in [7, 11) is 3.16. The number of azo groups is 1. The van der Waals surface area contributed by atoms with E-state index < -0.39 is 0 Å². The molecule has 0 bridgehead atoms. The molecular weight excluding hydrogens is 320 g/mol. The monoisotopic (exact) mass is 340 g/mol. The number of aromatic nitrogens is 2. The minimum Gasteiger partial charge on any atom is -0.504 e. The van der Waals surface area contributed by atoms with Gasteiger partial charge in [-0.05, 0) is 30.2 Å². The van der Waals surface area contributed by atoms with Gasteiger partial charge in [0.25, 0.3) is 0 Å². The Morgan fingerprint density at radius 1 is 1.12 bits per heavy atom. The summed E-state index contributed by atoms with van der Waals surface area (Å²) in [5.41, 5.74) is 1.80. The number of methoxy groups -OCH3 is 2. The van der Waals surface area contributed by atoms with Crippen LogP contribution in [0.25, 0.3) is 5.65 Å². The SMILES string of the molecule is COc1ccc(N=Nc2c(C(C)C)nc3c(O)cccn23)c(OC)c1. The Kier molecular flexibility index (Phi) is 4.56. The average Bonchev–Trinajstić information content (AvgIpc) is 3.00. The van der Waals surface area contributed by atoms with Gasteiger partial charge in [0.05, 0.1) is 19.9 Å². The summed E-state index contributed by atoms with van der Waals surface area (Å²) >= 11 is 0. The van der Waals surface area contributed by atoms with Crippen LogP contribution in [-0.2, 0) is 0 Å². The zero-order chi connectivity index (χ0) is 18.0. The van der Waals surface area contributed by atoms with Gasteiger partial charge < -0.3 is 14.6 Å². The van der Waals surface area contributed by atoms with Crippen LogP contribution in [-0.4, -0.2) is 28.7 Å². The number of hydrogen-bond donors (Lipinski definition) is 1. The minimum atomic E-state index is 0.105. The van der Waals surface area contributed by atoms with Crippen molar-refractivity contribution in [2.45, 2.75) is 19.8 Å². The Labute approximate surface area is 145 Å². The number of benzene rings is 1. The molecule has 2 heterocycles. The third-order valence-corrected chi connectivity index (χ3v) is 3.82. The lowest BCUT2D eigenvalue weighted by Crippen LogP contribution is -1.88. The highest BCUT2D eigenvalue weighted by molar-refractivity contribution is 5.61. The molecule has 0 saturated carbocycles. The Balaban J connectivity index is 2.10. The summed E-state index contributed by atoms with van der Waals surface area (Å²) in [6.45, 7) is 4.04. The molecule has 0 unspecified atom stereocenters. The van der Waals surface area contributed by atoms with Gasteiger partial charge in [-0.3, -0.25) is 4.40 Å². The summed E-state index contributed by atoms with van der Waals surface area (Å²) < 4.78 is 12.3. The number of rotatable bonds is 5. The summed E-state index contributed by atoms with van der Waals surface area (Å²) in [5.74, 6) is 2.06. The number of hydrogen-bond acceptors (Lipinski definition) is 6. The van der Waals surface area contributed by atoms with Crippen LogP contribution in [0.4, 0.5) is 11.5 Å². The Bertz CT molecular complexity index is 931. The van der Waals surface area contributed by atoms with Crippen molar-refractivity contribution >= 4 is 17.2 Å². The van der Waals surface area contributed by atoms with E-state index in [0.29, 0.717) is 28.7 Å². The fourth-order valence-corrected chi connectivity index (χ4v) is 2.51. The highest BCUT2D eigenvalue weighted by atomic mass is 16.5. The van der Waals surface area contributed by atoms with E-state index in [1.165, 1.54) is 0 Å². The lowest BCUT2D eigenvalue weighted by molar-refractivity contribution is 0.395. The van der Waals surface area contributed by atoms with Gasteiger partial charge in [-0.15, -0.1) is 10.2 Å². The fourth-order valence-electron chi connectivity index (χ4n) is 2.51. The van der Waals surface area contributed by atoms with Crippen LogP contribution in [0.5, 0.6) is 17.2 Å². The first-order valence-corrected chi connectivity index (χ1v) is 7.88. The molecule has 7 nitrogen and oxygen atoms in total. The Morgan fingerprint density at radius 2 is 1.92 bits per heavy atom. The highest BCUT2D eigenvalue weighted by Crippen LogP contribution is 2.35. The topological polar surface area (TPSA) is 80.7 Å². The second kappa shape index (κ2) is 6.80. The van der Waals surface area contributed by atoms with Gasteiger partial charge in [0.2, 0.25) is 0 Å². The van der Waals surface area contributed by atoms with Crippen molar-refractivity contribution in [2.75, 3.05) is 14.2 Å². The van der Waals surface area contributed by atoms with Crippen LogP contribution in [0.15, 0.2) is 46.8 Å². The van der Waals surface area contributed by atoms with Crippen LogP contribution < -0.4 is 9.47 Å². The molecule has 0 spiro atoms. The highest BCUT2D eigenvalue weighted by Gasteiger charge is 2.17. The molecule has 0 fully saturated rings. The van der Waals surface area contributed by atoms with E-state index in [1.54, 1.807) is 55.1 Å². The van der Waals surface area contributed by atoms with Gasteiger partial charge in [0, 0.05) is 12.3 Å². The number of fused-ring (bicyclic) bond motifs is 1. The first-order chi connectivity index (χ1) is 12.0. The third kappa shape index (κ3) is 3.13. The van der Waals surface area contributed by atoms with E-state index in [9.17, 15) is 5.11 Å². The Hall–Kier alpha value is -3.09. The van der Waals surface area contributed by atoms with Crippen molar-refractivity contribution in [1.82, 2.24) is 9.38 Å². The summed E-state index contributed by atoms with van der Waals surface area (Å²) in [6, 6.07) is 8.65. The minimum absolute atomic E-state index is 0.105. The van der Waals surface area contributed by atoms with E-state index >= 15 is 0 Å². The van der Waals surface area contributed by atoms with E-state index in [-0.39, 0.29) is 11.7 Å². The number of nitrogens with zero attached hydrogens (tertiary/aromatic N) is 4. The van der Waals surface area contributed by atoms with Crippen LogP contribution in [0.2, 0.25) is 0 Å². The number of imidazole rings is 1. The standard InChI is InChI=1S/C18H20N4O3/c1-11(2)16-18(22-9-5-6-14(23)17(22)19-16)21-20-13-8-7-12(24-3)10-15(13)25-4/h5-11,23H,1-4H3. The molecule has 25 heavy (non-hydrogen) atoms. The van der Waals surface area contributed by atoms with Crippen molar-refractivity contribution in [3.8, 4) is 17.2 Å². The molecule has 0 amide bonds. The molecule has 1 N–H and O–H groups in total. The summed E-state index contributed by atoms with van der Waals surface area (Å²) in [4.78, 5) is 4.50. The predicted molar refractivity (Wildman–Crippen MR) is 94.7 cm³/mol. The number of aromatic hydroxyl groups is 1. The molecule has 2 aromatic heterocycles. The van der Waals surface area contributed by atoms with Crippen LogP contribution in [0, 0.1) is 0 Å². The molecule has 3 rings (SSSR count). The third-order valence-electron chi connectivity index (χ3n) is 3.82. The first kappa shape index (κ1) is 16.8. The van der Waals surface area contributed by atoms with E-state index in [0.717, 1.165) is 5.69 Å². The summed E-state index contributed by atoms with van der Waals surface area (Å²) in [6.07, 6.45) is 1.80. The molecule has 0 saturated heterocycles. The van der Waals surface area contributed by atoms with Crippen molar-refractivity contribution in [1.29, 1.82) is 0 Å². The van der Waals surface area contributed by atoms with Gasteiger partial charge in [0.1, 0.15) is 17.2 Å². The molecule has 0 aliphatic rings. The quantitative estimate of drug-likeness (QED) is 0.689. The zero-order valence-electron chi connectivity index (χ0n) is 14.6. The molecular formula is C18H20N4O3. The molecule has 1 aromatic carbocycles. The molecule has 0 radical (unpaired) electrons. The van der Waals surface area contributed by atoms with Crippen molar-refractivity contribution < 1.29 is 14.6 Å². The number of ether oxygens (including phenoxy) is 2. The smallest absolute Gasteiger partial charge is 0.183 e. The van der Waals surface area contributed by atoms with Gasteiger partial charge >= 0.3 is 0 Å². The van der Waals surface area contributed by atoms with Crippen molar-refractivity contribution in [3.63, 3.8) is 0 Å². The second-order valence-corrected chi connectivity index (χ2v) is 5.80. The van der Waals surface area contributed by atoms with Gasteiger partial charge in [-0.2, -0.15) is 0 Å². The fraction of sp³-hybridized carbons (Fsp3) is 0.278. The van der Waals surface area contributed by atoms with E-state index in [1.807, 2.05) is 13.8 Å². The van der Waals surface area contributed by atoms with Crippen molar-refractivity contribution in [2.24, 2.45) is 10.2 Å². The maximum Gasteiger partial charge on any atom is 0.183 e. The molecule has 0 aliphatic heterocycles. The van der Waals surface area contributed by atoms with Gasteiger partial charge in [-0.25, -0.2) is 4.98 Å². The molecule has 0 aliphatic carbocycles. The van der Waals surface area contributed by atoms with Gasteiger partial charge in [0.15, 0.2) is 17.2 Å². The normalized spacial score (nSPS) is 11.6. The molecule has 3 aromatic rings. The second-order valence-electron chi connectivity index (χ2n) is 5.80. The number of pyridine rings is 1. The largest absolute Gasteiger partial charge is 0.504 e. The predicted octanol–water partition coefficient (Wildman–Crippen LogP) is 4.60. The lowest BCUT2D eigenvalue weighted by Gasteiger charge is -2.06. The zero-order valence-corrected chi connectivity index (χ0v) is 14.6.